The number of imide groups is 1. The number of aryl methyl sites for hydroxylation is 1. The first-order valence-electron chi connectivity index (χ1n) is 6.51. The maximum absolute atomic E-state index is 12.2. The molecule has 0 spiro atoms. The molecule has 0 saturated carbocycles. The Morgan fingerprint density at radius 1 is 1.11 bits per heavy atom. The minimum Gasteiger partial charge on any atom is -0.292 e. The van der Waals surface area contributed by atoms with Gasteiger partial charge in [-0.3, -0.25) is 19.3 Å². The van der Waals surface area contributed by atoms with E-state index in [0.717, 1.165) is 23.3 Å². The quantitative estimate of drug-likeness (QED) is 0.617. The topological polar surface area (TPSA) is 54.5 Å². The van der Waals surface area contributed by atoms with Gasteiger partial charge in [-0.25, -0.2) is 0 Å². The van der Waals surface area contributed by atoms with Gasteiger partial charge < -0.3 is 0 Å². The third-order valence-corrected chi connectivity index (χ3v) is 3.38. The van der Waals surface area contributed by atoms with Gasteiger partial charge in [0.2, 0.25) is 11.8 Å². The zero-order chi connectivity index (χ0) is 13.8. The predicted molar refractivity (Wildman–Crippen MR) is 70.7 cm³/mol. The average molecular weight is 259 g/mol. The van der Waals surface area contributed by atoms with Crippen LogP contribution in [0.5, 0.6) is 0 Å². The van der Waals surface area contributed by atoms with Crippen molar-refractivity contribution in [1.82, 2.24) is 4.90 Å². The molecule has 1 aromatic carbocycles. The predicted octanol–water partition coefficient (Wildman–Crippen LogP) is 2.11. The van der Waals surface area contributed by atoms with Crippen LogP contribution < -0.4 is 0 Å². The first-order chi connectivity index (χ1) is 9.09. The number of hydrogen-bond donors (Lipinski definition) is 0. The largest absolute Gasteiger partial charge is 0.292 e. The Balaban J connectivity index is 2.15. The summed E-state index contributed by atoms with van der Waals surface area (Å²) in [6.45, 7) is 1.71. The van der Waals surface area contributed by atoms with Crippen molar-refractivity contribution >= 4 is 17.6 Å². The summed E-state index contributed by atoms with van der Waals surface area (Å²) in [6.07, 6.45) is 2.15. The second kappa shape index (κ2) is 5.78. The van der Waals surface area contributed by atoms with Crippen LogP contribution in [0.25, 0.3) is 0 Å². The van der Waals surface area contributed by atoms with Crippen molar-refractivity contribution < 1.29 is 14.4 Å². The van der Waals surface area contributed by atoms with E-state index in [4.69, 9.17) is 0 Å². The highest BCUT2D eigenvalue weighted by atomic mass is 16.2. The summed E-state index contributed by atoms with van der Waals surface area (Å²) in [6, 6.07) is 7.21. The van der Waals surface area contributed by atoms with E-state index in [-0.39, 0.29) is 24.1 Å². The highest BCUT2D eigenvalue weighted by Crippen LogP contribution is 2.15. The van der Waals surface area contributed by atoms with Crippen LogP contribution in [0.2, 0.25) is 0 Å². The number of carbonyl (C=O) groups is 3. The summed E-state index contributed by atoms with van der Waals surface area (Å²) in [5.74, 6) is -0.643. The van der Waals surface area contributed by atoms with Gasteiger partial charge in [-0.05, 0) is 25.3 Å². The molecule has 0 bridgehead atoms. The fourth-order valence-electron chi connectivity index (χ4n) is 2.25. The maximum atomic E-state index is 12.2. The third-order valence-electron chi connectivity index (χ3n) is 3.38. The molecule has 1 aliphatic rings. The van der Waals surface area contributed by atoms with Gasteiger partial charge in [-0.2, -0.15) is 0 Å². The molecular formula is C15H17NO3. The van der Waals surface area contributed by atoms with Crippen LogP contribution in [0.15, 0.2) is 24.3 Å². The Labute approximate surface area is 112 Å². The van der Waals surface area contributed by atoms with Crippen molar-refractivity contribution in [1.29, 1.82) is 0 Å². The van der Waals surface area contributed by atoms with Crippen LogP contribution in [0.3, 0.4) is 0 Å². The summed E-state index contributed by atoms with van der Waals surface area (Å²) >= 11 is 0. The van der Waals surface area contributed by atoms with Crippen molar-refractivity contribution in [2.24, 2.45) is 0 Å². The van der Waals surface area contributed by atoms with Crippen LogP contribution in [0, 0.1) is 6.92 Å². The van der Waals surface area contributed by atoms with Gasteiger partial charge in [0, 0.05) is 18.4 Å². The molecule has 19 heavy (non-hydrogen) atoms. The van der Waals surface area contributed by atoms with Gasteiger partial charge in [-0.15, -0.1) is 0 Å². The maximum Gasteiger partial charge on any atom is 0.229 e. The van der Waals surface area contributed by atoms with Crippen LogP contribution in [0.1, 0.15) is 41.6 Å². The normalized spacial score (nSPS) is 16.4. The fraction of sp³-hybridized carbons (Fsp3) is 0.400. The molecule has 2 amide bonds. The van der Waals surface area contributed by atoms with E-state index in [1.807, 2.05) is 19.1 Å². The third kappa shape index (κ3) is 3.08. The second-order valence-corrected chi connectivity index (χ2v) is 4.82. The fourth-order valence-corrected chi connectivity index (χ4v) is 2.25. The summed E-state index contributed by atoms with van der Waals surface area (Å²) in [5.41, 5.74) is 1.44. The zero-order valence-electron chi connectivity index (χ0n) is 11.0. The Hall–Kier alpha value is -1.97. The van der Waals surface area contributed by atoms with Crippen LogP contribution in [-0.2, 0) is 9.59 Å². The Morgan fingerprint density at radius 3 is 2.26 bits per heavy atom. The Morgan fingerprint density at radius 2 is 1.68 bits per heavy atom. The van der Waals surface area contributed by atoms with Crippen molar-refractivity contribution in [3.05, 3.63) is 35.4 Å². The summed E-state index contributed by atoms with van der Waals surface area (Å²) in [4.78, 5) is 37.0. The molecule has 4 heteroatoms. The molecule has 1 heterocycles. The zero-order valence-corrected chi connectivity index (χ0v) is 11.0. The van der Waals surface area contributed by atoms with E-state index in [1.54, 1.807) is 12.1 Å². The van der Waals surface area contributed by atoms with Gasteiger partial charge in [0.15, 0.2) is 5.78 Å². The van der Waals surface area contributed by atoms with E-state index >= 15 is 0 Å². The molecule has 1 aromatic rings. The lowest BCUT2D eigenvalue weighted by atomic mass is 10.0. The van der Waals surface area contributed by atoms with E-state index < -0.39 is 0 Å². The van der Waals surface area contributed by atoms with E-state index in [2.05, 4.69) is 0 Å². The number of hydrogen-bond acceptors (Lipinski definition) is 3. The minimum atomic E-state index is -0.232. The number of amides is 2. The molecular weight excluding hydrogens is 242 g/mol. The molecule has 4 nitrogen and oxygen atoms in total. The molecule has 1 aliphatic heterocycles. The number of carbonyl (C=O) groups excluding carboxylic acids is 3. The number of likely N-dealkylation sites (tertiary alicyclic amines) is 1. The Kier molecular flexibility index (Phi) is 4.10. The molecule has 100 valence electrons. The number of rotatable bonds is 3. The lowest BCUT2D eigenvalue weighted by molar-refractivity contribution is -0.143. The molecule has 0 unspecified atom stereocenters. The van der Waals surface area contributed by atoms with Crippen molar-refractivity contribution in [2.75, 3.05) is 6.54 Å². The number of ketones is 1. The lowest BCUT2D eigenvalue weighted by Gasteiger charge is -2.18. The molecule has 0 aromatic heterocycles. The standard InChI is InChI=1S/C15H17NO3/c1-11-6-2-3-7-12(11)13(17)10-16-14(18)8-4-5-9-15(16)19/h2-3,6-7H,4-5,8-10H2,1H3. The van der Waals surface area contributed by atoms with Crippen LogP contribution >= 0.6 is 0 Å². The molecule has 0 radical (unpaired) electrons. The monoisotopic (exact) mass is 259 g/mol. The van der Waals surface area contributed by atoms with Crippen molar-refractivity contribution in [3.63, 3.8) is 0 Å². The summed E-state index contributed by atoms with van der Waals surface area (Å²) in [7, 11) is 0. The highest BCUT2D eigenvalue weighted by molar-refractivity contribution is 6.05. The molecule has 0 atom stereocenters. The van der Waals surface area contributed by atoms with Crippen LogP contribution in [-0.4, -0.2) is 29.0 Å². The Bertz CT molecular complexity index is 504. The van der Waals surface area contributed by atoms with E-state index in [9.17, 15) is 14.4 Å². The summed E-state index contributed by atoms with van der Waals surface area (Å²) < 4.78 is 0. The molecule has 1 fully saturated rings. The van der Waals surface area contributed by atoms with Gasteiger partial charge in [0.25, 0.3) is 0 Å². The molecule has 0 N–H and O–H groups in total. The van der Waals surface area contributed by atoms with Crippen LogP contribution in [0.4, 0.5) is 0 Å². The number of benzene rings is 1. The number of nitrogens with zero attached hydrogens (tertiary/aromatic N) is 1. The number of Topliss-reactive ketones (excluding diaryl/α,β-unsaturated/α-hetero) is 1. The molecule has 2 rings (SSSR count). The molecule has 1 saturated heterocycles. The van der Waals surface area contributed by atoms with Gasteiger partial charge in [0.1, 0.15) is 0 Å². The summed E-state index contributed by atoms with van der Waals surface area (Å²) in [5, 5.41) is 0. The van der Waals surface area contributed by atoms with Crippen molar-refractivity contribution in [2.45, 2.75) is 32.6 Å². The average Bonchev–Trinajstić information content (AvgIpc) is 2.54. The first-order valence-corrected chi connectivity index (χ1v) is 6.51. The van der Waals surface area contributed by atoms with Gasteiger partial charge in [0.05, 0.1) is 6.54 Å². The first kappa shape index (κ1) is 13.5. The lowest BCUT2D eigenvalue weighted by Crippen LogP contribution is -2.39. The second-order valence-electron chi connectivity index (χ2n) is 4.82. The SMILES string of the molecule is Cc1ccccc1C(=O)CN1C(=O)CCCCC1=O. The van der Waals surface area contributed by atoms with Crippen molar-refractivity contribution in [3.8, 4) is 0 Å². The highest BCUT2D eigenvalue weighted by Gasteiger charge is 2.26. The molecule has 0 aliphatic carbocycles. The van der Waals surface area contributed by atoms with E-state index in [1.165, 1.54) is 0 Å². The van der Waals surface area contributed by atoms with Gasteiger partial charge >= 0.3 is 0 Å². The van der Waals surface area contributed by atoms with Gasteiger partial charge in [-0.1, -0.05) is 24.3 Å². The minimum absolute atomic E-state index is 0.136. The smallest absolute Gasteiger partial charge is 0.229 e. The van der Waals surface area contributed by atoms with E-state index in [0.29, 0.717) is 18.4 Å².